The number of nitrogens with one attached hydrogen (secondary N) is 2. The van der Waals surface area contributed by atoms with Crippen LogP contribution in [0, 0.1) is 5.92 Å². The first-order valence-corrected chi connectivity index (χ1v) is 8.66. The van der Waals surface area contributed by atoms with Gasteiger partial charge in [0.25, 0.3) is 0 Å². The molecule has 1 fully saturated rings. The summed E-state index contributed by atoms with van der Waals surface area (Å²) < 4.78 is 7.76. The molecule has 0 bridgehead atoms. The fourth-order valence-corrected chi connectivity index (χ4v) is 3.21. The van der Waals surface area contributed by atoms with Crippen molar-refractivity contribution >= 4 is 5.91 Å². The number of para-hydroxylation sites is 1. The van der Waals surface area contributed by atoms with E-state index in [9.17, 15) is 4.79 Å². The molecule has 0 aliphatic carbocycles. The highest BCUT2D eigenvalue weighted by atomic mass is 16.5. The van der Waals surface area contributed by atoms with Gasteiger partial charge in [-0.2, -0.15) is 5.10 Å². The van der Waals surface area contributed by atoms with Crippen molar-refractivity contribution in [2.45, 2.75) is 25.4 Å². The summed E-state index contributed by atoms with van der Waals surface area (Å²) in [5, 5.41) is 10.6. The van der Waals surface area contributed by atoms with E-state index < -0.39 is 5.60 Å². The van der Waals surface area contributed by atoms with Gasteiger partial charge in [-0.3, -0.25) is 9.48 Å². The lowest BCUT2D eigenvalue weighted by atomic mass is 9.90. The molecule has 1 aliphatic heterocycles. The zero-order valence-electron chi connectivity index (χ0n) is 15.0. The fraction of sp³-hybridized carbons (Fsp3) is 0.474. The van der Waals surface area contributed by atoms with Crippen molar-refractivity contribution in [1.29, 1.82) is 0 Å². The fourth-order valence-electron chi connectivity index (χ4n) is 3.21. The summed E-state index contributed by atoms with van der Waals surface area (Å²) in [4.78, 5) is 12.7. The van der Waals surface area contributed by atoms with E-state index in [4.69, 9.17) is 4.74 Å². The summed E-state index contributed by atoms with van der Waals surface area (Å²) in [7, 11) is 1.89. The van der Waals surface area contributed by atoms with Crippen molar-refractivity contribution in [3.63, 3.8) is 0 Å². The van der Waals surface area contributed by atoms with Gasteiger partial charge in [-0.1, -0.05) is 18.2 Å². The molecule has 2 aromatic rings. The van der Waals surface area contributed by atoms with E-state index >= 15 is 0 Å². The second-order valence-electron chi connectivity index (χ2n) is 7.21. The summed E-state index contributed by atoms with van der Waals surface area (Å²) in [5.74, 6) is 0.935. The van der Waals surface area contributed by atoms with Crippen LogP contribution < -0.4 is 15.4 Å². The molecule has 0 unspecified atom stereocenters. The third-order valence-corrected chi connectivity index (χ3v) is 4.53. The number of aromatic nitrogens is 2. The molecule has 1 aromatic heterocycles. The molecular formula is C19H26N4O2. The lowest BCUT2D eigenvalue weighted by Gasteiger charge is -2.28. The topological polar surface area (TPSA) is 68.2 Å². The van der Waals surface area contributed by atoms with Crippen LogP contribution in [0.5, 0.6) is 5.75 Å². The Morgan fingerprint density at radius 2 is 2.12 bits per heavy atom. The van der Waals surface area contributed by atoms with E-state index in [1.165, 1.54) is 0 Å². The van der Waals surface area contributed by atoms with Gasteiger partial charge in [-0.25, -0.2) is 0 Å². The molecule has 1 aromatic carbocycles. The average molecular weight is 342 g/mol. The molecule has 1 amide bonds. The Labute approximate surface area is 148 Å². The zero-order chi connectivity index (χ0) is 17.9. The first-order valence-electron chi connectivity index (χ1n) is 8.66. The van der Waals surface area contributed by atoms with Crippen molar-refractivity contribution in [2.24, 2.45) is 13.0 Å². The Balaban J connectivity index is 1.58. The van der Waals surface area contributed by atoms with Gasteiger partial charge in [0, 0.05) is 32.3 Å². The maximum Gasteiger partial charge on any atom is 0.225 e. The Morgan fingerprint density at radius 1 is 1.36 bits per heavy atom. The SMILES string of the molecule is Cn1cc([C@H]2CNC[C@@H]2C(=O)NCC(C)(C)Oc2ccccc2)cn1. The number of benzene rings is 1. The maximum absolute atomic E-state index is 12.7. The Morgan fingerprint density at radius 3 is 2.80 bits per heavy atom. The third-order valence-electron chi connectivity index (χ3n) is 4.53. The Kier molecular flexibility index (Phi) is 5.08. The first-order chi connectivity index (χ1) is 11.9. The van der Waals surface area contributed by atoms with E-state index in [1.54, 1.807) is 4.68 Å². The smallest absolute Gasteiger partial charge is 0.225 e. The summed E-state index contributed by atoms with van der Waals surface area (Å²) in [5.41, 5.74) is 0.625. The van der Waals surface area contributed by atoms with Crippen LogP contribution in [0.3, 0.4) is 0 Å². The molecule has 25 heavy (non-hydrogen) atoms. The van der Waals surface area contributed by atoms with Crippen LogP contribution in [-0.4, -0.2) is 40.9 Å². The first kappa shape index (κ1) is 17.5. The van der Waals surface area contributed by atoms with Crippen molar-refractivity contribution < 1.29 is 9.53 Å². The van der Waals surface area contributed by atoms with Gasteiger partial charge >= 0.3 is 0 Å². The minimum Gasteiger partial charge on any atom is -0.486 e. The monoisotopic (exact) mass is 342 g/mol. The molecule has 0 spiro atoms. The molecule has 6 heteroatoms. The van der Waals surface area contributed by atoms with Crippen LogP contribution in [0.4, 0.5) is 0 Å². The highest BCUT2D eigenvalue weighted by Crippen LogP contribution is 2.28. The van der Waals surface area contributed by atoms with E-state index in [0.717, 1.165) is 17.9 Å². The molecule has 1 saturated heterocycles. The van der Waals surface area contributed by atoms with Crippen LogP contribution in [0.1, 0.15) is 25.3 Å². The highest BCUT2D eigenvalue weighted by Gasteiger charge is 2.35. The summed E-state index contributed by atoms with van der Waals surface area (Å²) in [6, 6.07) is 9.67. The van der Waals surface area contributed by atoms with Gasteiger partial charge in [0.15, 0.2) is 0 Å². The van der Waals surface area contributed by atoms with Gasteiger partial charge in [-0.05, 0) is 31.5 Å². The number of ether oxygens (including phenoxy) is 1. The summed E-state index contributed by atoms with van der Waals surface area (Å²) in [6.45, 7) is 5.90. The summed E-state index contributed by atoms with van der Waals surface area (Å²) in [6.07, 6.45) is 3.83. The van der Waals surface area contributed by atoms with E-state index in [1.807, 2.05) is 63.6 Å². The van der Waals surface area contributed by atoms with Crippen LogP contribution in [0.25, 0.3) is 0 Å². The molecular weight excluding hydrogens is 316 g/mol. The van der Waals surface area contributed by atoms with Crippen LogP contribution in [0.2, 0.25) is 0 Å². The molecule has 1 aliphatic rings. The number of amides is 1. The molecule has 2 atom stereocenters. The number of carbonyl (C=O) groups excluding carboxylic acids is 1. The number of aryl methyl sites for hydroxylation is 1. The van der Waals surface area contributed by atoms with Crippen LogP contribution in [0.15, 0.2) is 42.7 Å². The predicted molar refractivity (Wildman–Crippen MR) is 96.5 cm³/mol. The summed E-state index contributed by atoms with van der Waals surface area (Å²) >= 11 is 0. The van der Waals surface area contributed by atoms with Gasteiger partial charge in [0.2, 0.25) is 5.91 Å². The van der Waals surface area contributed by atoms with Gasteiger partial charge in [0.1, 0.15) is 11.4 Å². The normalized spacial score (nSPS) is 20.4. The second-order valence-corrected chi connectivity index (χ2v) is 7.21. The molecule has 3 rings (SSSR count). The molecule has 0 radical (unpaired) electrons. The Hall–Kier alpha value is -2.34. The standard InChI is InChI=1S/C19H26N4O2/c1-19(2,25-15-7-5-4-6-8-15)13-21-18(24)17-11-20-10-16(17)14-9-22-23(3)12-14/h4-9,12,16-17,20H,10-11,13H2,1-3H3,(H,21,24)/t16-,17+/m1/s1. The van der Waals surface area contributed by atoms with Crippen LogP contribution in [-0.2, 0) is 11.8 Å². The van der Waals surface area contributed by atoms with Crippen molar-refractivity contribution in [1.82, 2.24) is 20.4 Å². The zero-order valence-corrected chi connectivity index (χ0v) is 15.0. The lowest BCUT2D eigenvalue weighted by molar-refractivity contribution is -0.125. The van der Waals surface area contributed by atoms with Gasteiger partial charge < -0.3 is 15.4 Å². The predicted octanol–water partition coefficient (Wildman–Crippen LogP) is 1.70. The molecule has 0 saturated carbocycles. The minimum absolute atomic E-state index is 0.0589. The number of nitrogens with zero attached hydrogens (tertiary/aromatic N) is 2. The lowest BCUT2D eigenvalue weighted by Crippen LogP contribution is -2.45. The van der Waals surface area contributed by atoms with Crippen molar-refractivity contribution in [2.75, 3.05) is 19.6 Å². The molecule has 6 nitrogen and oxygen atoms in total. The third kappa shape index (κ3) is 4.39. The number of hydrogen-bond donors (Lipinski definition) is 2. The minimum atomic E-state index is -0.479. The number of hydrogen-bond acceptors (Lipinski definition) is 4. The van der Waals surface area contributed by atoms with Crippen molar-refractivity contribution in [3.05, 3.63) is 48.3 Å². The van der Waals surface area contributed by atoms with E-state index in [2.05, 4.69) is 15.7 Å². The number of rotatable bonds is 6. The van der Waals surface area contributed by atoms with E-state index in [-0.39, 0.29) is 17.7 Å². The molecule has 2 N–H and O–H groups in total. The molecule has 2 heterocycles. The van der Waals surface area contributed by atoms with Gasteiger partial charge in [0.05, 0.1) is 18.7 Å². The Bertz CT molecular complexity index is 711. The average Bonchev–Trinajstić information content (AvgIpc) is 3.22. The molecule has 134 valence electrons. The second kappa shape index (κ2) is 7.27. The van der Waals surface area contributed by atoms with E-state index in [0.29, 0.717) is 13.1 Å². The van der Waals surface area contributed by atoms with Gasteiger partial charge in [-0.15, -0.1) is 0 Å². The van der Waals surface area contributed by atoms with Crippen LogP contribution >= 0.6 is 0 Å². The number of carbonyl (C=O) groups is 1. The highest BCUT2D eigenvalue weighted by molar-refractivity contribution is 5.80. The largest absolute Gasteiger partial charge is 0.486 e. The van der Waals surface area contributed by atoms with Crippen molar-refractivity contribution in [3.8, 4) is 5.75 Å². The maximum atomic E-state index is 12.7. The quantitative estimate of drug-likeness (QED) is 0.838.